The molecule has 0 bridgehead atoms. The van der Waals surface area contributed by atoms with E-state index in [9.17, 15) is 14.4 Å². The SMILES string of the molecule is CC(C)C(=O)Nc1cccc(NC(=O)C(NC(=O)Nc2ccccc2)C(C)C)c1. The molecule has 1 atom stereocenters. The Morgan fingerprint density at radius 3 is 1.79 bits per heavy atom. The molecule has 2 aromatic carbocycles. The van der Waals surface area contributed by atoms with Crippen molar-refractivity contribution >= 4 is 34.9 Å². The van der Waals surface area contributed by atoms with Crippen molar-refractivity contribution in [1.29, 1.82) is 0 Å². The fourth-order valence-electron chi connectivity index (χ4n) is 2.55. The van der Waals surface area contributed by atoms with Gasteiger partial charge >= 0.3 is 6.03 Å². The van der Waals surface area contributed by atoms with Crippen LogP contribution in [-0.4, -0.2) is 23.9 Å². The van der Waals surface area contributed by atoms with Crippen LogP contribution >= 0.6 is 0 Å². The number of rotatable bonds is 7. The summed E-state index contributed by atoms with van der Waals surface area (Å²) in [6.07, 6.45) is 0. The molecule has 154 valence electrons. The van der Waals surface area contributed by atoms with Crippen LogP contribution in [0.5, 0.6) is 0 Å². The first kappa shape index (κ1) is 21.9. The molecular formula is C22H28N4O3. The van der Waals surface area contributed by atoms with Crippen molar-refractivity contribution in [1.82, 2.24) is 5.32 Å². The highest BCUT2D eigenvalue weighted by atomic mass is 16.2. The van der Waals surface area contributed by atoms with Crippen LogP contribution in [0, 0.1) is 11.8 Å². The second kappa shape index (κ2) is 10.3. The average molecular weight is 396 g/mol. The third-order valence-electron chi connectivity index (χ3n) is 4.19. The second-order valence-electron chi connectivity index (χ2n) is 7.40. The van der Waals surface area contributed by atoms with Gasteiger partial charge in [-0.2, -0.15) is 0 Å². The van der Waals surface area contributed by atoms with E-state index in [-0.39, 0.29) is 23.7 Å². The van der Waals surface area contributed by atoms with E-state index in [1.165, 1.54) is 0 Å². The number of anilines is 3. The molecule has 1 unspecified atom stereocenters. The van der Waals surface area contributed by atoms with Gasteiger partial charge in [0.1, 0.15) is 6.04 Å². The maximum atomic E-state index is 12.7. The van der Waals surface area contributed by atoms with Crippen LogP contribution in [0.3, 0.4) is 0 Å². The number of para-hydroxylation sites is 1. The van der Waals surface area contributed by atoms with Gasteiger partial charge in [0, 0.05) is 23.0 Å². The molecule has 0 radical (unpaired) electrons. The Balaban J connectivity index is 2.02. The van der Waals surface area contributed by atoms with Gasteiger partial charge in [-0.3, -0.25) is 9.59 Å². The van der Waals surface area contributed by atoms with Gasteiger partial charge in [-0.1, -0.05) is 52.0 Å². The Morgan fingerprint density at radius 1 is 0.690 bits per heavy atom. The lowest BCUT2D eigenvalue weighted by atomic mass is 10.0. The molecule has 4 amide bonds. The Morgan fingerprint density at radius 2 is 1.24 bits per heavy atom. The minimum Gasteiger partial charge on any atom is -0.326 e. The number of carbonyl (C=O) groups is 3. The van der Waals surface area contributed by atoms with E-state index in [0.717, 1.165) is 0 Å². The fourth-order valence-corrected chi connectivity index (χ4v) is 2.55. The highest BCUT2D eigenvalue weighted by Gasteiger charge is 2.24. The summed E-state index contributed by atoms with van der Waals surface area (Å²) >= 11 is 0. The van der Waals surface area contributed by atoms with Gasteiger partial charge in [0.05, 0.1) is 0 Å². The van der Waals surface area contributed by atoms with Gasteiger partial charge in [0.2, 0.25) is 11.8 Å². The molecule has 0 heterocycles. The van der Waals surface area contributed by atoms with Crippen LogP contribution in [0.15, 0.2) is 54.6 Å². The van der Waals surface area contributed by atoms with Gasteiger partial charge in [0.15, 0.2) is 0 Å². The van der Waals surface area contributed by atoms with Crippen LogP contribution in [0.1, 0.15) is 27.7 Å². The molecule has 0 aliphatic heterocycles. The molecule has 0 aliphatic carbocycles. The van der Waals surface area contributed by atoms with Crippen molar-refractivity contribution in [2.24, 2.45) is 11.8 Å². The highest BCUT2D eigenvalue weighted by molar-refractivity contribution is 6.00. The normalized spacial score (nSPS) is 11.7. The summed E-state index contributed by atoms with van der Waals surface area (Å²) in [5, 5.41) is 11.0. The Hall–Kier alpha value is -3.35. The van der Waals surface area contributed by atoms with Crippen molar-refractivity contribution in [3.63, 3.8) is 0 Å². The molecule has 0 aliphatic rings. The lowest BCUT2D eigenvalue weighted by molar-refractivity contribution is -0.119. The van der Waals surface area contributed by atoms with Crippen molar-refractivity contribution in [3.8, 4) is 0 Å². The van der Waals surface area contributed by atoms with Crippen LogP contribution in [0.4, 0.5) is 21.9 Å². The van der Waals surface area contributed by atoms with E-state index in [2.05, 4.69) is 21.3 Å². The van der Waals surface area contributed by atoms with E-state index in [1.54, 1.807) is 50.2 Å². The number of benzene rings is 2. The molecule has 7 heteroatoms. The van der Waals surface area contributed by atoms with Gasteiger partial charge < -0.3 is 21.3 Å². The second-order valence-corrected chi connectivity index (χ2v) is 7.40. The topological polar surface area (TPSA) is 99.3 Å². The molecule has 7 nitrogen and oxygen atoms in total. The fraction of sp³-hybridized carbons (Fsp3) is 0.318. The summed E-state index contributed by atoms with van der Waals surface area (Å²) in [5.41, 5.74) is 1.77. The predicted molar refractivity (Wildman–Crippen MR) is 116 cm³/mol. The quantitative estimate of drug-likeness (QED) is 0.568. The smallest absolute Gasteiger partial charge is 0.319 e. The Bertz CT molecular complexity index is 850. The highest BCUT2D eigenvalue weighted by Crippen LogP contribution is 2.17. The largest absolute Gasteiger partial charge is 0.326 e. The summed E-state index contributed by atoms with van der Waals surface area (Å²) < 4.78 is 0. The number of hydrogen-bond acceptors (Lipinski definition) is 3. The standard InChI is InChI=1S/C22H28N4O3/c1-14(2)19(26-22(29)25-16-9-6-5-7-10-16)21(28)24-18-12-8-11-17(13-18)23-20(27)15(3)4/h5-15,19H,1-4H3,(H,23,27)(H,24,28)(H2,25,26,29). The Labute approximate surface area is 171 Å². The number of amides is 4. The van der Waals surface area contributed by atoms with E-state index in [4.69, 9.17) is 0 Å². The van der Waals surface area contributed by atoms with Crippen LogP contribution in [-0.2, 0) is 9.59 Å². The van der Waals surface area contributed by atoms with Crippen molar-refractivity contribution in [2.45, 2.75) is 33.7 Å². The lowest BCUT2D eigenvalue weighted by Gasteiger charge is -2.22. The minimum atomic E-state index is -0.729. The summed E-state index contributed by atoms with van der Waals surface area (Å²) in [4.78, 5) is 36.9. The molecule has 29 heavy (non-hydrogen) atoms. The first-order chi connectivity index (χ1) is 13.8. The molecule has 0 spiro atoms. The molecule has 0 saturated heterocycles. The zero-order valence-electron chi connectivity index (χ0n) is 17.2. The van der Waals surface area contributed by atoms with E-state index in [0.29, 0.717) is 17.1 Å². The van der Waals surface area contributed by atoms with Crippen LogP contribution in [0.2, 0.25) is 0 Å². The predicted octanol–water partition coefficient (Wildman–Crippen LogP) is 4.07. The number of carbonyl (C=O) groups excluding carboxylic acids is 3. The first-order valence-corrected chi connectivity index (χ1v) is 9.60. The molecule has 4 N–H and O–H groups in total. The third kappa shape index (κ3) is 6.95. The molecule has 0 aromatic heterocycles. The summed E-state index contributed by atoms with van der Waals surface area (Å²) in [6.45, 7) is 7.32. The zero-order chi connectivity index (χ0) is 21.4. The molecule has 2 aromatic rings. The van der Waals surface area contributed by atoms with Crippen molar-refractivity contribution in [2.75, 3.05) is 16.0 Å². The van der Waals surface area contributed by atoms with Gasteiger partial charge in [-0.25, -0.2) is 4.79 Å². The number of urea groups is 1. The number of nitrogens with one attached hydrogen (secondary N) is 4. The minimum absolute atomic E-state index is 0.104. The monoisotopic (exact) mass is 396 g/mol. The average Bonchev–Trinajstić information content (AvgIpc) is 2.66. The maximum absolute atomic E-state index is 12.7. The molecule has 0 fully saturated rings. The van der Waals surface area contributed by atoms with Crippen LogP contribution in [0.25, 0.3) is 0 Å². The lowest BCUT2D eigenvalue weighted by Crippen LogP contribution is -2.48. The summed E-state index contributed by atoms with van der Waals surface area (Å²) in [7, 11) is 0. The third-order valence-corrected chi connectivity index (χ3v) is 4.19. The van der Waals surface area contributed by atoms with Gasteiger partial charge in [0.25, 0.3) is 0 Å². The first-order valence-electron chi connectivity index (χ1n) is 9.60. The molecule has 2 rings (SSSR count). The summed E-state index contributed by atoms with van der Waals surface area (Å²) in [6, 6.07) is 14.7. The van der Waals surface area contributed by atoms with E-state index >= 15 is 0 Å². The Kier molecular flexibility index (Phi) is 7.77. The van der Waals surface area contributed by atoms with Gasteiger partial charge in [-0.15, -0.1) is 0 Å². The van der Waals surface area contributed by atoms with E-state index in [1.807, 2.05) is 32.0 Å². The van der Waals surface area contributed by atoms with Crippen molar-refractivity contribution < 1.29 is 14.4 Å². The summed E-state index contributed by atoms with van der Waals surface area (Å²) in [5.74, 6) is -0.713. The van der Waals surface area contributed by atoms with Crippen LogP contribution < -0.4 is 21.3 Å². The molecular weight excluding hydrogens is 368 g/mol. The number of hydrogen-bond donors (Lipinski definition) is 4. The molecule has 0 saturated carbocycles. The van der Waals surface area contributed by atoms with Gasteiger partial charge in [-0.05, 0) is 36.2 Å². The van der Waals surface area contributed by atoms with Crippen molar-refractivity contribution in [3.05, 3.63) is 54.6 Å². The van der Waals surface area contributed by atoms with E-state index < -0.39 is 12.1 Å². The maximum Gasteiger partial charge on any atom is 0.319 e. The zero-order valence-corrected chi connectivity index (χ0v) is 17.2.